The molecule has 0 aromatic heterocycles. The average molecular weight is 277 g/mol. The third kappa shape index (κ3) is 2.92. The molecular weight excluding hydrogens is 254 g/mol. The molecule has 1 rings (SSSR count). The van der Waals surface area contributed by atoms with Crippen LogP contribution < -0.4 is 10.6 Å². The summed E-state index contributed by atoms with van der Waals surface area (Å²) in [7, 11) is 1.70. The van der Waals surface area contributed by atoms with Crippen molar-refractivity contribution in [3.8, 4) is 0 Å². The number of nitrogens with two attached hydrogens (primary N) is 1. The molecule has 1 aromatic carbocycles. The van der Waals surface area contributed by atoms with Gasteiger partial charge in [0.2, 0.25) is 5.91 Å². The van der Waals surface area contributed by atoms with E-state index in [0.29, 0.717) is 6.42 Å². The van der Waals surface area contributed by atoms with Crippen molar-refractivity contribution in [2.24, 2.45) is 16.3 Å². The SMILES string of the molecule is CCc1ccc(N(C)C(=O)C(C)(CC)/C(N)=N/O)cc1. The van der Waals surface area contributed by atoms with Gasteiger partial charge in [-0.2, -0.15) is 0 Å². The Hall–Kier alpha value is -2.04. The van der Waals surface area contributed by atoms with Crippen molar-refractivity contribution >= 4 is 17.4 Å². The standard InChI is InChI=1S/C15H23N3O2/c1-5-11-7-9-12(10-8-11)18(4)14(19)15(3,6-2)13(16)17-20/h7-10,20H,5-6H2,1-4H3,(H2,16,17). The Balaban J connectivity index is 3.05. The fourth-order valence-electron chi connectivity index (χ4n) is 1.99. The number of nitrogens with zero attached hydrogens (tertiary/aromatic N) is 2. The molecule has 5 heteroatoms. The van der Waals surface area contributed by atoms with Gasteiger partial charge in [0.1, 0.15) is 5.41 Å². The normalized spacial score (nSPS) is 14.7. The summed E-state index contributed by atoms with van der Waals surface area (Å²) in [5.74, 6) is -0.262. The van der Waals surface area contributed by atoms with Crippen LogP contribution in [0.25, 0.3) is 0 Å². The van der Waals surface area contributed by atoms with E-state index in [1.807, 2.05) is 31.2 Å². The first-order valence-corrected chi connectivity index (χ1v) is 6.75. The lowest BCUT2D eigenvalue weighted by Crippen LogP contribution is -2.48. The predicted octanol–water partition coefficient (Wildman–Crippen LogP) is 2.37. The van der Waals surface area contributed by atoms with Crippen LogP contribution in [-0.2, 0) is 11.2 Å². The average Bonchev–Trinajstić information content (AvgIpc) is 2.51. The number of benzene rings is 1. The maximum atomic E-state index is 12.6. The number of amides is 1. The number of carbonyl (C=O) groups excluding carboxylic acids is 1. The molecule has 0 radical (unpaired) electrons. The highest BCUT2D eigenvalue weighted by molar-refractivity contribution is 6.12. The van der Waals surface area contributed by atoms with E-state index in [4.69, 9.17) is 10.9 Å². The fraction of sp³-hybridized carbons (Fsp3) is 0.467. The number of rotatable bonds is 5. The molecule has 0 aliphatic carbocycles. The molecule has 0 saturated heterocycles. The summed E-state index contributed by atoms with van der Waals surface area (Å²) < 4.78 is 0. The summed E-state index contributed by atoms with van der Waals surface area (Å²) >= 11 is 0. The summed E-state index contributed by atoms with van der Waals surface area (Å²) in [6, 6.07) is 7.79. The van der Waals surface area contributed by atoms with Gasteiger partial charge in [0.05, 0.1) is 0 Å². The highest BCUT2D eigenvalue weighted by Gasteiger charge is 2.38. The highest BCUT2D eigenvalue weighted by atomic mass is 16.4. The van der Waals surface area contributed by atoms with Gasteiger partial charge in [-0.3, -0.25) is 4.79 Å². The lowest BCUT2D eigenvalue weighted by Gasteiger charge is -2.30. The van der Waals surface area contributed by atoms with Crippen LogP contribution in [0.3, 0.4) is 0 Å². The maximum Gasteiger partial charge on any atom is 0.240 e. The van der Waals surface area contributed by atoms with Gasteiger partial charge >= 0.3 is 0 Å². The third-order valence-electron chi connectivity index (χ3n) is 3.89. The van der Waals surface area contributed by atoms with Crippen LogP contribution in [0, 0.1) is 5.41 Å². The lowest BCUT2D eigenvalue weighted by atomic mass is 9.84. The second-order valence-corrected chi connectivity index (χ2v) is 5.06. The molecule has 0 aliphatic heterocycles. The fourth-order valence-corrected chi connectivity index (χ4v) is 1.99. The summed E-state index contributed by atoms with van der Waals surface area (Å²) in [6.45, 7) is 5.60. The number of carbonyl (C=O) groups is 1. The smallest absolute Gasteiger partial charge is 0.240 e. The van der Waals surface area contributed by atoms with Crippen molar-refractivity contribution in [2.75, 3.05) is 11.9 Å². The zero-order valence-corrected chi connectivity index (χ0v) is 12.6. The van der Waals surface area contributed by atoms with Gasteiger partial charge in [0, 0.05) is 12.7 Å². The molecule has 20 heavy (non-hydrogen) atoms. The van der Waals surface area contributed by atoms with Crippen LogP contribution in [0.1, 0.15) is 32.8 Å². The quantitative estimate of drug-likeness (QED) is 0.375. The Bertz CT molecular complexity index is 496. The molecule has 0 saturated carbocycles. The van der Waals surface area contributed by atoms with Crippen molar-refractivity contribution in [1.29, 1.82) is 0 Å². The van der Waals surface area contributed by atoms with E-state index in [2.05, 4.69) is 12.1 Å². The Morgan fingerprint density at radius 2 is 1.90 bits per heavy atom. The largest absolute Gasteiger partial charge is 0.409 e. The van der Waals surface area contributed by atoms with E-state index in [-0.39, 0.29) is 11.7 Å². The Kier molecular flexibility index (Phi) is 5.13. The maximum absolute atomic E-state index is 12.6. The van der Waals surface area contributed by atoms with Crippen molar-refractivity contribution in [3.05, 3.63) is 29.8 Å². The molecule has 110 valence electrons. The molecule has 1 atom stereocenters. The number of amidine groups is 1. The second-order valence-electron chi connectivity index (χ2n) is 5.06. The summed E-state index contributed by atoms with van der Waals surface area (Å²) in [5, 5.41) is 11.9. The number of anilines is 1. The first-order valence-electron chi connectivity index (χ1n) is 6.75. The summed E-state index contributed by atoms with van der Waals surface area (Å²) in [6.07, 6.45) is 1.41. The highest BCUT2D eigenvalue weighted by Crippen LogP contribution is 2.27. The van der Waals surface area contributed by atoms with Crippen molar-refractivity contribution < 1.29 is 10.0 Å². The van der Waals surface area contributed by atoms with Gasteiger partial charge in [-0.05, 0) is 37.5 Å². The minimum atomic E-state index is -1.01. The first kappa shape index (κ1) is 16.0. The molecular formula is C15H23N3O2. The van der Waals surface area contributed by atoms with Gasteiger partial charge in [0.25, 0.3) is 0 Å². The molecule has 1 aromatic rings. The molecule has 0 fully saturated rings. The van der Waals surface area contributed by atoms with Crippen LogP contribution >= 0.6 is 0 Å². The van der Waals surface area contributed by atoms with E-state index in [9.17, 15) is 4.79 Å². The Morgan fingerprint density at radius 1 is 1.35 bits per heavy atom. The van der Waals surface area contributed by atoms with Gasteiger partial charge in [-0.15, -0.1) is 0 Å². The predicted molar refractivity (Wildman–Crippen MR) is 81.0 cm³/mol. The van der Waals surface area contributed by atoms with Crippen LogP contribution in [0.5, 0.6) is 0 Å². The van der Waals surface area contributed by atoms with Crippen molar-refractivity contribution in [2.45, 2.75) is 33.6 Å². The van der Waals surface area contributed by atoms with Crippen molar-refractivity contribution in [1.82, 2.24) is 0 Å². The van der Waals surface area contributed by atoms with E-state index in [1.54, 1.807) is 18.9 Å². The topological polar surface area (TPSA) is 78.9 Å². The van der Waals surface area contributed by atoms with Gasteiger partial charge < -0.3 is 15.8 Å². The molecule has 0 bridgehead atoms. The molecule has 1 unspecified atom stereocenters. The van der Waals surface area contributed by atoms with Crippen LogP contribution in [0.2, 0.25) is 0 Å². The first-order chi connectivity index (χ1) is 9.40. The molecule has 0 spiro atoms. The summed E-state index contributed by atoms with van der Waals surface area (Å²) in [4.78, 5) is 14.1. The zero-order chi connectivity index (χ0) is 15.3. The molecule has 0 aliphatic rings. The van der Waals surface area contributed by atoms with E-state index in [1.165, 1.54) is 5.56 Å². The molecule has 5 nitrogen and oxygen atoms in total. The molecule has 1 amide bonds. The number of aryl methyl sites for hydroxylation is 1. The molecule has 0 heterocycles. The second kappa shape index (κ2) is 6.41. The lowest BCUT2D eigenvalue weighted by molar-refractivity contribution is -0.124. The van der Waals surface area contributed by atoms with E-state index in [0.717, 1.165) is 12.1 Å². The third-order valence-corrected chi connectivity index (χ3v) is 3.89. The Morgan fingerprint density at radius 3 is 2.30 bits per heavy atom. The van der Waals surface area contributed by atoms with E-state index >= 15 is 0 Å². The number of oxime groups is 1. The van der Waals surface area contributed by atoms with Crippen molar-refractivity contribution in [3.63, 3.8) is 0 Å². The van der Waals surface area contributed by atoms with Crippen LogP contribution in [0.15, 0.2) is 29.4 Å². The minimum Gasteiger partial charge on any atom is -0.409 e. The van der Waals surface area contributed by atoms with Crippen LogP contribution in [0.4, 0.5) is 5.69 Å². The number of hydrogen-bond donors (Lipinski definition) is 2. The van der Waals surface area contributed by atoms with Crippen LogP contribution in [-0.4, -0.2) is 24.0 Å². The van der Waals surface area contributed by atoms with Gasteiger partial charge in [0.15, 0.2) is 5.84 Å². The number of hydrogen-bond acceptors (Lipinski definition) is 3. The summed E-state index contributed by atoms with van der Waals surface area (Å²) in [5.41, 5.74) is 6.67. The Labute approximate surface area is 120 Å². The zero-order valence-electron chi connectivity index (χ0n) is 12.6. The molecule has 3 N–H and O–H groups in total. The van der Waals surface area contributed by atoms with Gasteiger partial charge in [-0.1, -0.05) is 31.1 Å². The van der Waals surface area contributed by atoms with Gasteiger partial charge in [-0.25, -0.2) is 0 Å². The monoisotopic (exact) mass is 277 g/mol. The minimum absolute atomic E-state index is 0.0676. The van der Waals surface area contributed by atoms with E-state index < -0.39 is 5.41 Å².